The van der Waals surface area contributed by atoms with Gasteiger partial charge >= 0.3 is 0 Å². The van der Waals surface area contributed by atoms with Crippen molar-refractivity contribution in [3.8, 4) is 0 Å². The molecule has 1 N–H and O–H groups in total. The lowest BCUT2D eigenvalue weighted by Crippen LogP contribution is -2.31. The predicted octanol–water partition coefficient (Wildman–Crippen LogP) is 9.42. The van der Waals surface area contributed by atoms with Crippen LogP contribution in [0.25, 0.3) is 0 Å². The van der Waals surface area contributed by atoms with E-state index in [-0.39, 0.29) is 17.0 Å². The highest BCUT2D eigenvalue weighted by molar-refractivity contribution is 8.93. The van der Waals surface area contributed by atoms with Gasteiger partial charge in [0.2, 0.25) is 0 Å². The second-order valence-electron chi connectivity index (χ2n) is 9.83. The molecule has 1 unspecified atom stereocenters. The Kier molecular flexibility index (Phi) is 34.8. The summed E-state index contributed by atoms with van der Waals surface area (Å²) in [6, 6.07) is 0.422. The lowest BCUT2D eigenvalue weighted by Gasteiger charge is -2.16. The molecular weight excluding hydrogens is 474 g/mol. The van der Waals surface area contributed by atoms with Crippen molar-refractivity contribution < 1.29 is 9.47 Å². The molecule has 0 saturated carbocycles. The lowest BCUT2D eigenvalue weighted by atomic mass is 10.1. The number of ether oxygens (including phenoxy) is 2. The summed E-state index contributed by atoms with van der Waals surface area (Å²) >= 11 is 0. The maximum Gasteiger partial charge on any atom is 0.0620 e. The fourth-order valence-corrected chi connectivity index (χ4v) is 4.25. The zero-order valence-electron chi connectivity index (χ0n) is 23.0. The summed E-state index contributed by atoms with van der Waals surface area (Å²) in [6.07, 6.45) is 28.7. The van der Waals surface area contributed by atoms with Gasteiger partial charge in [0, 0.05) is 25.9 Å². The highest BCUT2D eigenvalue weighted by atomic mass is 79.9. The molecule has 0 bridgehead atoms. The van der Waals surface area contributed by atoms with Gasteiger partial charge in [-0.1, -0.05) is 129 Å². The summed E-state index contributed by atoms with van der Waals surface area (Å²) in [7, 11) is 2.04. The van der Waals surface area contributed by atoms with Crippen molar-refractivity contribution >= 4 is 17.0 Å². The first-order valence-electron chi connectivity index (χ1n) is 14.7. The van der Waals surface area contributed by atoms with E-state index in [0.717, 1.165) is 32.8 Å². The topological polar surface area (TPSA) is 30.5 Å². The van der Waals surface area contributed by atoms with E-state index in [1.807, 2.05) is 7.05 Å². The first kappa shape index (κ1) is 35.5. The van der Waals surface area contributed by atoms with Crippen LogP contribution in [-0.2, 0) is 9.47 Å². The van der Waals surface area contributed by atoms with Crippen LogP contribution in [0.4, 0.5) is 0 Å². The van der Waals surface area contributed by atoms with Gasteiger partial charge in [0.15, 0.2) is 0 Å². The molecule has 33 heavy (non-hydrogen) atoms. The predicted molar refractivity (Wildman–Crippen MR) is 153 cm³/mol. The Hall–Kier alpha value is 0.360. The van der Waals surface area contributed by atoms with Crippen LogP contribution in [0.5, 0.6) is 0 Å². The van der Waals surface area contributed by atoms with Crippen LogP contribution < -0.4 is 5.32 Å². The smallest absolute Gasteiger partial charge is 0.0620 e. The van der Waals surface area contributed by atoms with Crippen LogP contribution in [0.2, 0.25) is 0 Å². The van der Waals surface area contributed by atoms with Gasteiger partial charge in [-0.2, -0.15) is 0 Å². The first-order chi connectivity index (χ1) is 15.8. The molecular formula is C29H62BrNO2. The average molecular weight is 537 g/mol. The van der Waals surface area contributed by atoms with E-state index >= 15 is 0 Å². The van der Waals surface area contributed by atoms with Gasteiger partial charge in [0.05, 0.1) is 6.61 Å². The average Bonchev–Trinajstić information content (AvgIpc) is 2.81. The molecule has 0 rings (SSSR count). The quantitative estimate of drug-likeness (QED) is 0.101. The molecule has 202 valence electrons. The standard InChI is InChI=1S/C29H61NO2.BrH/c1-4-6-8-10-12-14-16-18-20-22-25-31-27-24-29(30-3)28-32-26-23-21-19-17-15-13-11-9-7-5-2;/h29-30H,4-28H2,1-3H3;1H. The van der Waals surface area contributed by atoms with Crippen LogP contribution in [0.15, 0.2) is 0 Å². The summed E-state index contributed by atoms with van der Waals surface area (Å²) in [5.74, 6) is 0. The molecule has 0 amide bonds. The molecule has 1 atom stereocenters. The molecule has 4 heteroatoms. The Morgan fingerprint density at radius 2 is 0.848 bits per heavy atom. The fourth-order valence-electron chi connectivity index (χ4n) is 4.25. The lowest BCUT2D eigenvalue weighted by molar-refractivity contribution is 0.0815. The molecule has 0 aliphatic heterocycles. The Bertz CT molecular complexity index is 331. The third-order valence-electron chi connectivity index (χ3n) is 6.62. The first-order valence-corrected chi connectivity index (χ1v) is 14.7. The van der Waals surface area contributed by atoms with Gasteiger partial charge in [-0.05, 0) is 26.3 Å². The number of likely N-dealkylation sites (N-methyl/N-ethyl adjacent to an activating group) is 1. The minimum Gasteiger partial charge on any atom is -0.381 e. The minimum atomic E-state index is 0. The summed E-state index contributed by atoms with van der Waals surface area (Å²) in [5.41, 5.74) is 0. The van der Waals surface area contributed by atoms with Gasteiger partial charge in [0.1, 0.15) is 0 Å². The fraction of sp³-hybridized carbons (Fsp3) is 1.00. The Balaban J connectivity index is 0. The maximum atomic E-state index is 5.90. The molecule has 0 aromatic rings. The van der Waals surface area contributed by atoms with E-state index in [1.165, 1.54) is 128 Å². The number of nitrogens with one attached hydrogen (secondary N) is 1. The molecule has 0 aromatic carbocycles. The molecule has 0 aliphatic carbocycles. The van der Waals surface area contributed by atoms with Gasteiger partial charge in [-0.3, -0.25) is 0 Å². The van der Waals surface area contributed by atoms with Gasteiger partial charge in [-0.25, -0.2) is 0 Å². The Labute approximate surface area is 219 Å². The van der Waals surface area contributed by atoms with Crippen molar-refractivity contribution in [2.45, 2.75) is 155 Å². The van der Waals surface area contributed by atoms with Crippen LogP contribution in [0.3, 0.4) is 0 Å². The van der Waals surface area contributed by atoms with E-state index in [9.17, 15) is 0 Å². The van der Waals surface area contributed by atoms with Crippen molar-refractivity contribution in [2.24, 2.45) is 0 Å². The molecule has 0 aliphatic rings. The van der Waals surface area contributed by atoms with E-state index in [0.29, 0.717) is 6.04 Å². The minimum absolute atomic E-state index is 0. The van der Waals surface area contributed by atoms with Crippen LogP contribution in [0, 0.1) is 0 Å². The highest BCUT2D eigenvalue weighted by Gasteiger charge is 2.06. The molecule has 0 radical (unpaired) electrons. The highest BCUT2D eigenvalue weighted by Crippen LogP contribution is 2.11. The second kappa shape index (κ2) is 32.4. The summed E-state index contributed by atoms with van der Waals surface area (Å²) in [5, 5.41) is 3.38. The summed E-state index contributed by atoms with van der Waals surface area (Å²) in [6.45, 7) is 8.07. The number of hydrogen-bond acceptors (Lipinski definition) is 3. The van der Waals surface area contributed by atoms with Crippen molar-refractivity contribution in [1.29, 1.82) is 0 Å². The molecule has 0 spiro atoms. The molecule has 0 aromatic heterocycles. The molecule has 0 fully saturated rings. The van der Waals surface area contributed by atoms with E-state index in [1.54, 1.807) is 0 Å². The van der Waals surface area contributed by atoms with E-state index < -0.39 is 0 Å². The number of halogens is 1. The van der Waals surface area contributed by atoms with Gasteiger partial charge in [0.25, 0.3) is 0 Å². The summed E-state index contributed by atoms with van der Waals surface area (Å²) < 4.78 is 11.8. The third-order valence-corrected chi connectivity index (χ3v) is 6.62. The maximum absolute atomic E-state index is 5.90. The van der Waals surface area contributed by atoms with Crippen LogP contribution >= 0.6 is 17.0 Å². The van der Waals surface area contributed by atoms with Gasteiger partial charge in [-0.15, -0.1) is 17.0 Å². The van der Waals surface area contributed by atoms with Crippen molar-refractivity contribution in [2.75, 3.05) is 33.5 Å². The molecule has 3 nitrogen and oxygen atoms in total. The Morgan fingerprint density at radius 3 is 1.24 bits per heavy atom. The normalized spacial score (nSPS) is 12.1. The number of unbranched alkanes of at least 4 members (excludes halogenated alkanes) is 18. The monoisotopic (exact) mass is 535 g/mol. The van der Waals surface area contributed by atoms with Crippen molar-refractivity contribution in [1.82, 2.24) is 5.32 Å². The summed E-state index contributed by atoms with van der Waals surface area (Å²) in [4.78, 5) is 0. The second-order valence-corrected chi connectivity index (χ2v) is 9.83. The Morgan fingerprint density at radius 1 is 0.485 bits per heavy atom. The molecule has 0 saturated heterocycles. The zero-order chi connectivity index (χ0) is 23.4. The van der Waals surface area contributed by atoms with E-state index in [2.05, 4.69) is 19.2 Å². The van der Waals surface area contributed by atoms with Crippen molar-refractivity contribution in [3.05, 3.63) is 0 Å². The SMILES string of the molecule is Br.CCCCCCCCCCCCOCCC(COCCCCCCCCCCCC)NC. The van der Waals surface area contributed by atoms with Crippen LogP contribution in [-0.4, -0.2) is 39.5 Å². The number of hydrogen-bond donors (Lipinski definition) is 1. The zero-order valence-corrected chi connectivity index (χ0v) is 24.7. The largest absolute Gasteiger partial charge is 0.381 e. The van der Waals surface area contributed by atoms with Gasteiger partial charge < -0.3 is 14.8 Å². The third kappa shape index (κ3) is 30.3. The van der Waals surface area contributed by atoms with E-state index in [4.69, 9.17) is 9.47 Å². The number of rotatable bonds is 28. The van der Waals surface area contributed by atoms with Crippen molar-refractivity contribution in [3.63, 3.8) is 0 Å². The van der Waals surface area contributed by atoms with Crippen LogP contribution in [0.1, 0.15) is 149 Å². The molecule has 0 heterocycles.